The molecule has 1 fully saturated rings. The van der Waals surface area contributed by atoms with Crippen LogP contribution in [0, 0.1) is 5.92 Å². The first-order valence-electron chi connectivity index (χ1n) is 6.96. The fourth-order valence-electron chi connectivity index (χ4n) is 2.36. The van der Waals surface area contributed by atoms with Crippen molar-refractivity contribution in [2.24, 2.45) is 5.92 Å². The number of nitrogens with one attached hydrogen (secondary N) is 1. The lowest BCUT2D eigenvalue weighted by Crippen LogP contribution is -2.31. The molecule has 1 aromatic carbocycles. The maximum absolute atomic E-state index is 11.9. The van der Waals surface area contributed by atoms with Gasteiger partial charge < -0.3 is 5.11 Å². The average Bonchev–Trinajstić information content (AvgIpc) is 2.46. The van der Waals surface area contributed by atoms with E-state index in [0.29, 0.717) is 12.5 Å². The lowest BCUT2D eigenvalue weighted by Gasteiger charge is -2.25. The van der Waals surface area contributed by atoms with Crippen molar-refractivity contribution in [1.29, 1.82) is 0 Å². The summed E-state index contributed by atoms with van der Waals surface area (Å²) in [4.78, 5) is 0. The molecule has 0 amide bonds. The Morgan fingerprint density at radius 2 is 1.80 bits per heavy atom. The second kappa shape index (κ2) is 7.02. The Labute approximate surface area is 120 Å². The molecule has 0 radical (unpaired) electrons. The largest absolute Gasteiger partial charge is 0.393 e. The topological polar surface area (TPSA) is 66.4 Å². The third kappa shape index (κ3) is 5.07. The van der Waals surface area contributed by atoms with Gasteiger partial charge in [0.1, 0.15) is 0 Å². The zero-order valence-electron chi connectivity index (χ0n) is 11.4. The lowest BCUT2D eigenvalue weighted by molar-refractivity contribution is 0.110. The zero-order valence-corrected chi connectivity index (χ0v) is 12.2. The Hall–Kier alpha value is -1.17. The van der Waals surface area contributed by atoms with Gasteiger partial charge in [-0.1, -0.05) is 30.3 Å². The second-order valence-electron chi connectivity index (χ2n) is 5.28. The van der Waals surface area contributed by atoms with Gasteiger partial charge in [-0.05, 0) is 43.2 Å². The molecule has 1 aromatic rings. The molecule has 1 saturated carbocycles. The number of rotatable bonds is 5. The quantitative estimate of drug-likeness (QED) is 0.874. The van der Waals surface area contributed by atoms with Crippen molar-refractivity contribution < 1.29 is 13.5 Å². The average molecular weight is 295 g/mol. The van der Waals surface area contributed by atoms with Crippen molar-refractivity contribution in [2.45, 2.75) is 31.8 Å². The minimum Gasteiger partial charge on any atom is -0.393 e. The molecular formula is C15H21NO3S. The smallest absolute Gasteiger partial charge is 0.233 e. The molecule has 0 spiro atoms. The van der Waals surface area contributed by atoms with Crippen molar-refractivity contribution >= 4 is 16.1 Å². The molecule has 0 aliphatic heterocycles. The highest BCUT2D eigenvalue weighted by Gasteiger charge is 2.20. The van der Waals surface area contributed by atoms with Crippen LogP contribution in [0.5, 0.6) is 0 Å². The van der Waals surface area contributed by atoms with Gasteiger partial charge in [0.05, 0.1) is 6.10 Å². The first-order chi connectivity index (χ1) is 9.55. The van der Waals surface area contributed by atoms with Crippen LogP contribution in [0.3, 0.4) is 0 Å². The highest BCUT2D eigenvalue weighted by molar-refractivity contribution is 7.92. The van der Waals surface area contributed by atoms with Gasteiger partial charge in [0.2, 0.25) is 10.0 Å². The summed E-state index contributed by atoms with van der Waals surface area (Å²) in [5.41, 5.74) is 0.860. The van der Waals surface area contributed by atoms with E-state index < -0.39 is 10.0 Å². The Bertz CT molecular complexity index is 531. The predicted octanol–water partition coefficient (Wildman–Crippen LogP) is 2.13. The monoisotopic (exact) mass is 295 g/mol. The van der Waals surface area contributed by atoms with Crippen LogP contribution in [-0.4, -0.2) is 26.2 Å². The van der Waals surface area contributed by atoms with Crippen LogP contribution in [0.4, 0.5) is 0 Å². The van der Waals surface area contributed by atoms with Crippen LogP contribution >= 0.6 is 0 Å². The third-order valence-corrected chi connectivity index (χ3v) is 4.69. The SMILES string of the molecule is O=S(=O)(/C=C/c1ccccc1)NCC1CCC(O)CC1. The molecule has 1 aliphatic carbocycles. The van der Waals surface area contributed by atoms with E-state index in [1.165, 1.54) is 5.41 Å². The van der Waals surface area contributed by atoms with Crippen LogP contribution in [0.1, 0.15) is 31.2 Å². The van der Waals surface area contributed by atoms with Gasteiger partial charge in [-0.25, -0.2) is 13.1 Å². The molecule has 0 atom stereocenters. The molecule has 0 unspecified atom stereocenters. The van der Waals surface area contributed by atoms with Crippen LogP contribution < -0.4 is 4.72 Å². The Kier molecular flexibility index (Phi) is 5.34. The highest BCUT2D eigenvalue weighted by atomic mass is 32.2. The second-order valence-corrected chi connectivity index (χ2v) is 6.93. The van der Waals surface area contributed by atoms with Crippen LogP contribution in [0.25, 0.3) is 6.08 Å². The minimum absolute atomic E-state index is 0.208. The summed E-state index contributed by atoms with van der Waals surface area (Å²) in [6.07, 6.45) is 4.68. The van der Waals surface area contributed by atoms with Crippen molar-refractivity contribution in [1.82, 2.24) is 4.72 Å². The predicted molar refractivity (Wildman–Crippen MR) is 80.4 cm³/mol. The summed E-state index contributed by atoms with van der Waals surface area (Å²) in [5, 5.41) is 10.6. The molecule has 110 valence electrons. The summed E-state index contributed by atoms with van der Waals surface area (Å²) < 4.78 is 26.3. The van der Waals surface area contributed by atoms with Gasteiger partial charge in [-0.15, -0.1) is 0 Å². The zero-order chi connectivity index (χ0) is 14.4. The summed E-state index contributed by atoms with van der Waals surface area (Å²) in [5.74, 6) is 0.332. The van der Waals surface area contributed by atoms with E-state index in [9.17, 15) is 13.5 Å². The molecule has 0 bridgehead atoms. The Balaban J connectivity index is 1.84. The highest BCUT2D eigenvalue weighted by Crippen LogP contribution is 2.23. The van der Waals surface area contributed by atoms with E-state index in [0.717, 1.165) is 31.2 Å². The van der Waals surface area contributed by atoms with E-state index in [1.807, 2.05) is 30.3 Å². The van der Waals surface area contributed by atoms with Gasteiger partial charge in [0, 0.05) is 12.0 Å². The van der Waals surface area contributed by atoms with E-state index in [-0.39, 0.29) is 6.10 Å². The van der Waals surface area contributed by atoms with Gasteiger partial charge in [0.25, 0.3) is 0 Å². The third-order valence-electron chi connectivity index (χ3n) is 3.63. The number of hydrogen-bond donors (Lipinski definition) is 2. The number of hydrogen-bond acceptors (Lipinski definition) is 3. The maximum atomic E-state index is 11.9. The van der Waals surface area contributed by atoms with Crippen LogP contribution in [-0.2, 0) is 10.0 Å². The number of benzene rings is 1. The molecule has 1 aliphatic rings. The lowest BCUT2D eigenvalue weighted by atomic mass is 9.88. The summed E-state index contributed by atoms with van der Waals surface area (Å²) in [6, 6.07) is 9.34. The minimum atomic E-state index is -3.39. The summed E-state index contributed by atoms with van der Waals surface area (Å²) >= 11 is 0. The van der Waals surface area contributed by atoms with E-state index in [4.69, 9.17) is 0 Å². The van der Waals surface area contributed by atoms with Gasteiger partial charge in [-0.3, -0.25) is 0 Å². The van der Waals surface area contributed by atoms with Crippen LogP contribution in [0.2, 0.25) is 0 Å². The molecule has 0 aromatic heterocycles. The van der Waals surface area contributed by atoms with Crippen molar-refractivity contribution in [3.05, 3.63) is 41.3 Å². The normalized spacial score (nSPS) is 24.1. The first kappa shape index (κ1) is 15.2. The van der Waals surface area contributed by atoms with Crippen molar-refractivity contribution in [3.63, 3.8) is 0 Å². The maximum Gasteiger partial charge on any atom is 0.233 e. The van der Waals surface area contributed by atoms with E-state index in [2.05, 4.69) is 4.72 Å². The summed E-state index contributed by atoms with van der Waals surface area (Å²) in [7, 11) is -3.39. The van der Waals surface area contributed by atoms with Crippen LogP contribution in [0.15, 0.2) is 35.7 Å². The molecule has 2 N–H and O–H groups in total. The van der Waals surface area contributed by atoms with Crippen molar-refractivity contribution in [3.8, 4) is 0 Å². The Morgan fingerprint density at radius 3 is 2.45 bits per heavy atom. The number of sulfonamides is 1. The van der Waals surface area contributed by atoms with Crippen molar-refractivity contribution in [2.75, 3.05) is 6.54 Å². The Morgan fingerprint density at radius 1 is 1.15 bits per heavy atom. The first-order valence-corrected chi connectivity index (χ1v) is 8.51. The molecule has 0 saturated heterocycles. The molecule has 20 heavy (non-hydrogen) atoms. The number of aliphatic hydroxyl groups is 1. The van der Waals surface area contributed by atoms with Gasteiger partial charge >= 0.3 is 0 Å². The van der Waals surface area contributed by atoms with E-state index >= 15 is 0 Å². The molecule has 2 rings (SSSR count). The van der Waals surface area contributed by atoms with Gasteiger partial charge in [-0.2, -0.15) is 0 Å². The standard InChI is InChI=1S/C15H21NO3S/c17-15-8-6-14(7-9-15)12-16-20(18,19)11-10-13-4-2-1-3-5-13/h1-5,10-11,14-17H,6-9,12H2/b11-10+. The molecule has 4 nitrogen and oxygen atoms in total. The fourth-order valence-corrected chi connectivity index (χ4v) is 3.26. The fraction of sp³-hybridized carbons (Fsp3) is 0.467. The van der Waals surface area contributed by atoms with E-state index in [1.54, 1.807) is 6.08 Å². The number of aliphatic hydroxyl groups excluding tert-OH is 1. The molecular weight excluding hydrogens is 274 g/mol. The molecule has 0 heterocycles. The molecule has 5 heteroatoms. The van der Waals surface area contributed by atoms with Gasteiger partial charge in [0.15, 0.2) is 0 Å². The summed E-state index contributed by atoms with van der Waals surface area (Å²) in [6.45, 7) is 0.453.